The number of hydrogen-bond donors (Lipinski definition) is 0. The minimum Gasteiger partial charge on any atom is -0.297 e. The Morgan fingerprint density at radius 1 is 0.773 bits per heavy atom. The molecule has 1 aromatic carbocycles. The van der Waals surface area contributed by atoms with Gasteiger partial charge >= 0.3 is 0 Å². The van der Waals surface area contributed by atoms with Crippen LogP contribution in [0.4, 0.5) is 0 Å². The van der Waals surface area contributed by atoms with E-state index in [1.54, 1.807) is 0 Å². The summed E-state index contributed by atoms with van der Waals surface area (Å²) in [4.78, 5) is 9.01. The van der Waals surface area contributed by atoms with Crippen LogP contribution in [0.25, 0.3) is 0 Å². The first-order chi connectivity index (χ1) is 10.7. The second-order valence-corrected chi connectivity index (χ2v) is 6.47. The van der Waals surface area contributed by atoms with Crippen molar-refractivity contribution in [2.45, 2.75) is 13.1 Å². The monoisotopic (exact) mass is 335 g/mol. The highest BCUT2D eigenvalue weighted by molar-refractivity contribution is 6.42. The molecular formula is C17H19Cl2N3. The van der Waals surface area contributed by atoms with Gasteiger partial charge in [-0.1, -0.05) is 29.3 Å². The Labute approximate surface area is 141 Å². The van der Waals surface area contributed by atoms with Crippen LogP contribution in [0.15, 0.2) is 42.7 Å². The fourth-order valence-electron chi connectivity index (χ4n) is 2.75. The van der Waals surface area contributed by atoms with Crippen LogP contribution in [-0.2, 0) is 13.1 Å². The zero-order valence-electron chi connectivity index (χ0n) is 12.4. The average Bonchev–Trinajstić information content (AvgIpc) is 2.54. The second-order valence-electron chi connectivity index (χ2n) is 5.66. The molecule has 0 saturated carbocycles. The first-order valence-electron chi connectivity index (χ1n) is 7.48. The van der Waals surface area contributed by atoms with Crippen LogP contribution >= 0.6 is 23.2 Å². The summed E-state index contributed by atoms with van der Waals surface area (Å²) < 4.78 is 0. The van der Waals surface area contributed by atoms with Crippen molar-refractivity contribution in [2.24, 2.45) is 0 Å². The number of halogens is 2. The third-order valence-corrected chi connectivity index (χ3v) is 4.75. The molecule has 0 aliphatic carbocycles. The minimum atomic E-state index is 0.618. The van der Waals surface area contributed by atoms with Gasteiger partial charge in [0.2, 0.25) is 0 Å². The number of piperazine rings is 1. The van der Waals surface area contributed by atoms with Gasteiger partial charge in [-0.2, -0.15) is 0 Å². The summed E-state index contributed by atoms with van der Waals surface area (Å²) in [5.74, 6) is 0. The van der Waals surface area contributed by atoms with Crippen LogP contribution in [0.1, 0.15) is 11.1 Å². The zero-order chi connectivity index (χ0) is 15.4. The van der Waals surface area contributed by atoms with Gasteiger partial charge in [0.25, 0.3) is 0 Å². The molecular weight excluding hydrogens is 317 g/mol. The third-order valence-electron chi connectivity index (χ3n) is 4.01. The smallest absolute Gasteiger partial charge is 0.0595 e. The van der Waals surface area contributed by atoms with Gasteiger partial charge in [-0.25, -0.2) is 0 Å². The number of benzene rings is 1. The maximum Gasteiger partial charge on any atom is 0.0595 e. The largest absolute Gasteiger partial charge is 0.297 e. The molecule has 1 aliphatic rings. The van der Waals surface area contributed by atoms with Crippen LogP contribution in [0.5, 0.6) is 0 Å². The summed E-state index contributed by atoms with van der Waals surface area (Å²) in [6, 6.07) is 10.1. The van der Waals surface area contributed by atoms with E-state index >= 15 is 0 Å². The lowest BCUT2D eigenvalue weighted by Gasteiger charge is -2.34. The summed E-state index contributed by atoms with van der Waals surface area (Å²) in [5, 5.41) is 1.25. The first-order valence-corrected chi connectivity index (χ1v) is 8.24. The van der Waals surface area contributed by atoms with Crippen molar-refractivity contribution in [1.29, 1.82) is 0 Å². The molecule has 3 nitrogen and oxygen atoms in total. The molecule has 5 heteroatoms. The van der Waals surface area contributed by atoms with Gasteiger partial charge in [-0.05, 0) is 35.4 Å². The Bertz CT molecular complexity index is 611. The van der Waals surface area contributed by atoms with Crippen LogP contribution < -0.4 is 0 Å². The molecule has 0 bridgehead atoms. The fourth-order valence-corrected chi connectivity index (χ4v) is 3.07. The summed E-state index contributed by atoms with van der Waals surface area (Å²) in [5.41, 5.74) is 2.55. The highest BCUT2D eigenvalue weighted by Gasteiger charge is 2.17. The maximum absolute atomic E-state index is 6.08. The van der Waals surface area contributed by atoms with Gasteiger partial charge < -0.3 is 0 Å². The van der Waals surface area contributed by atoms with Crippen LogP contribution in [0, 0.1) is 0 Å². The first kappa shape index (κ1) is 15.8. The lowest BCUT2D eigenvalue weighted by atomic mass is 10.2. The molecule has 0 amide bonds. The molecule has 2 aromatic rings. The Balaban J connectivity index is 1.50. The third kappa shape index (κ3) is 4.20. The quantitative estimate of drug-likeness (QED) is 0.849. The van der Waals surface area contributed by atoms with E-state index in [0.29, 0.717) is 10.0 Å². The molecule has 0 spiro atoms. The topological polar surface area (TPSA) is 19.4 Å². The summed E-state index contributed by atoms with van der Waals surface area (Å²) in [6.07, 6.45) is 3.71. The molecule has 1 aliphatic heterocycles. The molecule has 1 aromatic heterocycles. The van der Waals surface area contributed by atoms with Gasteiger partial charge in [0, 0.05) is 51.7 Å². The molecule has 22 heavy (non-hydrogen) atoms. The van der Waals surface area contributed by atoms with Crippen molar-refractivity contribution in [1.82, 2.24) is 14.8 Å². The van der Waals surface area contributed by atoms with Crippen LogP contribution in [0.2, 0.25) is 10.0 Å². The Kier molecular flexibility index (Phi) is 5.32. The van der Waals surface area contributed by atoms with E-state index < -0.39 is 0 Å². The zero-order valence-corrected chi connectivity index (χ0v) is 13.9. The van der Waals surface area contributed by atoms with E-state index in [1.165, 1.54) is 11.1 Å². The Morgan fingerprint density at radius 2 is 1.36 bits per heavy atom. The molecule has 1 saturated heterocycles. The number of hydrogen-bond acceptors (Lipinski definition) is 3. The van der Waals surface area contributed by atoms with Crippen LogP contribution in [0.3, 0.4) is 0 Å². The molecule has 2 heterocycles. The van der Waals surface area contributed by atoms with Crippen molar-refractivity contribution >= 4 is 23.2 Å². The van der Waals surface area contributed by atoms with Gasteiger partial charge in [-0.3, -0.25) is 14.8 Å². The number of nitrogens with zero attached hydrogens (tertiary/aromatic N) is 3. The van der Waals surface area contributed by atoms with Gasteiger partial charge in [0.05, 0.1) is 10.0 Å². The van der Waals surface area contributed by atoms with E-state index in [4.69, 9.17) is 23.2 Å². The summed E-state index contributed by atoms with van der Waals surface area (Å²) >= 11 is 12.0. The number of pyridine rings is 1. The summed E-state index contributed by atoms with van der Waals surface area (Å²) in [6.45, 7) is 6.26. The van der Waals surface area contributed by atoms with Gasteiger partial charge in [-0.15, -0.1) is 0 Å². The van der Waals surface area contributed by atoms with Crippen molar-refractivity contribution < 1.29 is 0 Å². The van der Waals surface area contributed by atoms with Crippen LogP contribution in [-0.4, -0.2) is 41.0 Å². The predicted molar refractivity (Wildman–Crippen MR) is 91.3 cm³/mol. The number of aromatic nitrogens is 1. The van der Waals surface area contributed by atoms with E-state index in [1.807, 2.05) is 24.5 Å². The van der Waals surface area contributed by atoms with Gasteiger partial charge in [0.1, 0.15) is 0 Å². The SMILES string of the molecule is Clc1ccc(CN2CCN(Cc3ccncc3)CC2)cc1Cl. The maximum atomic E-state index is 6.08. The van der Waals surface area contributed by atoms with Crippen molar-refractivity contribution in [2.75, 3.05) is 26.2 Å². The summed E-state index contributed by atoms with van der Waals surface area (Å²) in [7, 11) is 0. The van der Waals surface area contributed by atoms with E-state index in [-0.39, 0.29) is 0 Å². The normalized spacial score (nSPS) is 16.8. The van der Waals surface area contributed by atoms with Crippen molar-refractivity contribution in [3.8, 4) is 0 Å². The van der Waals surface area contributed by atoms with E-state index in [9.17, 15) is 0 Å². The number of rotatable bonds is 4. The lowest BCUT2D eigenvalue weighted by molar-refractivity contribution is 0.122. The Morgan fingerprint density at radius 3 is 1.95 bits per heavy atom. The predicted octanol–water partition coefficient (Wildman–Crippen LogP) is 3.71. The highest BCUT2D eigenvalue weighted by atomic mass is 35.5. The molecule has 0 atom stereocenters. The average molecular weight is 336 g/mol. The highest BCUT2D eigenvalue weighted by Crippen LogP contribution is 2.23. The molecule has 3 rings (SSSR count). The standard InChI is InChI=1S/C17H19Cl2N3/c18-16-2-1-15(11-17(16)19)13-22-9-7-21(8-10-22)12-14-3-5-20-6-4-14/h1-6,11H,7-10,12-13H2. The molecule has 0 N–H and O–H groups in total. The van der Waals surface area contributed by atoms with E-state index in [0.717, 1.165) is 39.3 Å². The van der Waals surface area contributed by atoms with E-state index in [2.05, 4.69) is 33.0 Å². The molecule has 116 valence electrons. The Hall–Kier alpha value is -1.13. The molecule has 1 fully saturated rings. The molecule has 0 unspecified atom stereocenters. The van der Waals surface area contributed by atoms with Gasteiger partial charge in [0.15, 0.2) is 0 Å². The van der Waals surface area contributed by atoms with Crippen molar-refractivity contribution in [3.05, 3.63) is 63.9 Å². The minimum absolute atomic E-state index is 0.618. The second kappa shape index (κ2) is 7.42. The van der Waals surface area contributed by atoms with Crippen molar-refractivity contribution in [3.63, 3.8) is 0 Å². The fraction of sp³-hybridized carbons (Fsp3) is 0.353. The lowest BCUT2D eigenvalue weighted by Crippen LogP contribution is -2.45. The molecule has 0 radical (unpaired) electrons.